The van der Waals surface area contributed by atoms with E-state index >= 15 is 0 Å². The van der Waals surface area contributed by atoms with E-state index in [4.69, 9.17) is 11.6 Å². The molecule has 0 unspecified atom stereocenters. The maximum atomic E-state index is 12.4. The smallest absolute Gasteiger partial charge is 0.444 e. The third-order valence-corrected chi connectivity index (χ3v) is 2.26. The van der Waals surface area contributed by atoms with Crippen LogP contribution in [-0.4, -0.2) is 18.5 Å². The highest BCUT2D eigenvalue weighted by atomic mass is 35.5. The standard InChI is InChI=1S/C10H6ClF6NO/c1-19-7-3-2-5(9(12,13)14)4-6(7)18-8(11)10(15,16)17/h2-4H,1H3. The molecule has 9 heteroatoms. The Morgan fingerprint density at radius 1 is 1.16 bits per heavy atom. The summed E-state index contributed by atoms with van der Waals surface area (Å²) >= 11 is 4.88. The Bertz CT molecular complexity index is 494. The van der Waals surface area contributed by atoms with Crippen molar-refractivity contribution >= 4 is 22.5 Å². The van der Waals surface area contributed by atoms with Gasteiger partial charge in [-0.2, -0.15) is 26.3 Å². The van der Waals surface area contributed by atoms with Gasteiger partial charge in [-0.25, -0.2) is 4.99 Å². The van der Waals surface area contributed by atoms with E-state index in [2.05, 4.69) is 9.73 Å². The molecular formula is C10H6ClF6NO. The molecule has 0 saturated heterocycles. The lowest BCUT2D eigenvalue weighted by Gasteiger charge is -2.11. The molecule has 1 aromatic carbocycles. The topological polar surface area (TPSA) is 21.6 Å². The van der Waals surface area contributed by atoms with Crippen LogP contribution in [0, 0.1) is 0 Å². The summed E-state index contributed by atoms with van der Waals surface area (Å²) in [5, 5.41) is -1.79. The van der Waals surface area contributed by atoms with Crippen LogP contribution in [0.3, 0.4) is 0 Å². The molecule has 19 heavy (non-hydrogen) atoms. The van der Waals surface area contributed by atoms with Crippen molar-refractivity contribution in [2.75, 3.05) is 7.11 Å². The zero-order valence-corrected chi connectivity index (χ0v) is 9.99. The Balaban J connectivity index is 3.33. The molecule has 0 radical (unpaired) electrons. The predicted molar refractivity (Wildman–Crippen MR) is 57.0 cm³/mol. The van der Waals surface area contributed by atoms with E-state index in [-0.39, 0.29) is 5.75 Å². The molecule has 0 aromatic heterocycles. The quantitative estimate of drug-likeness (QED) is 0.580. The molecule has 0 heterocycles. The van der Waals surface area contributed by atoms with Crippen molar-refractivity contribution in [2.45, 2.75) is 12.4 Å². The van der Waals surface area contributed by atoms with E-state index in [1.54, 1.807) is 0 Å². The summed E-state index contributed by atoms with van der Waals surface area (Å²) < 4.78 is 78.5. The second-order valence-electron chi connectivity index (χ2n) is 3.28. The molecule has 0 aliphatic rings. The largest absolute Gasteiger partial charge is 0.494 e. The van der Waals surface area contributed by atoms with Gasteiger partial charge in [0.15, 0.2) is 0 Å². The molecule has 1 aromatic rings. The summed E-state index contributed by atoms with van der Waals surface area (Å²) in [6.45, 7) is 0. The number of halogens is 7. The van der Waals surface area contributed by atoms with E-state index in [1.807, 2.05) is 0 Å². The third kappa shape index (κ3) is 4.02. The van der Waals surface area contributed by atoms with Gasteiger partial charge in [-0.15, -0.1) is 0 Å². The van der Waals surface area contributed by atoms with Gasteiger partial charge in [-0.05, 0) is 18.2 Å². The monoisotopic (exact) mass is 305 g/mol. The lowest BCUT2D eigenvalue weighted by Crippen LogP contribution is -2.16. The van der Waals surface area contributed by atoms with Crippen LogP contribution in [0.1, 0.15) is 5.56 Å². The summed E-state index contributed by atoms with van der Waals surface area (Å²) in [7, 11) is 1.09. The minimum atomic E-state index is -4.94. The first-order valence-corrected chi connectivity index (χ1v) is 5.00. The molecule has 0 bridgehead atoms. The van der Waals surface area contributed by atoms with Gasteiger partial charge in [-0.1, -0.05) is 11.6 Å². The molecule has 0 atom stereocenters. The molecular weight excluding hydrogens is 300 g/mol. The minimum Gasteiger partial charge on any atom is -0.494 e. The minimum absolute atomic E-state index is 0.254. The Morgan fingerprint density at radius 3 is 2.16 bits per heavy atom. The zero-order chi connectivity index (χ0) is 14.8. The van der Waals surface area contributed by atoms with Gasteiger partial charge in [0, 0.05) is 0 Å². The number of aliphatic imine (C=N–C) groups is 1. The molecule has 0 aliphatic heterocycles. The highest BCUT2D eigenvalue weighted by Gasteiger charge is 2.35. The van der Waals surface area contributed by atoms with Gasteiger partial charge < -0.3 is 4.74 Å². The summed E-state index contributed by atoms with van der Waals surface area (Å²) in [6.07, 6.45) is -9.65. The molecule has 0 fully saturated rings. The van der Waals surface area contributed by atoms with Gasteiger partial charge >= 0.3 is 12.4 Å². The highest BCUT2D eigenvalue weighted by molar-refractivity contribution is 6.67. The van der Waals surface area contributed by atoms with E-state index in [9.17, 15) is 26.3 Å². The summed E-state index contributed by atoms with van der Waals surface area (Å²) in [6, 6.07) is 1.95. The maximum absolute atomic E-state index is 12.4. The molecule has 0 N–H and O–H groups in total. The van der Waals surface area contributed by atoms with Crippen molar-refractivity contribution in [3.05, 3.63) is 23.8 Å². The number of benzene rings is 1. The van der Waals surface area contributed by atoms with Crippen LogP contribution in [0.2, 0.25) is 0 Å². The Morgan fingerprint density at radius 2 is 1.74 bits per heavy atom. The van der Waals surface area contributed by atoms with Gasteiger partial charge in [0.05, 0.1) is 12.7 Å². The number of rotatable bonds is 2. The summed E-state index contributed by atoms with van der Waals surface area (Å²) in [5.41, 5.74) is -1.81. The van der Waals surface area contributed by atoms with Crippen molar-refractivity contribution in [1.29, 1.82) is 0 Å². The molecule has 106 valence electrons. The van der Waals surface area contributed by atoms with E-state index in [1.165, 1.54) is 0 Å². The Kier molecular flexibility index (Phi) is 4.34. The van der Waals surface area contributed by atoms with Crippen LogP contribution >= 0.6 is 11.6 Å². The number of hydrogen-bond donors (Lipinski definition) is 0. The third-order valence-electron chi connectivity index (χ3n) is 1.96. The fraction of sp³-hybridized carbons (Fsp3) is 0.300. The molecule has 0 spiro atoms. The Labute approximate surface area is 108 Å². The lowest BCUT2D eigenvalue weighted by atomic mass is 10.2. The SMILES string of the molecule is COc1ccc(C(F)(F)F)cc1N=C(Cl)C(F)(F)F. The second kappa shape index (κ2) is 5.28. The van der Waals surface area contributed by atoms with Gasteiger partial charge in [0.25, 0.3) is 0 Å². The number of hydrogen-bond acceptors (Lipinski definition) is 2. The summed E-state index contributed by atoms with van der Waals surface area (Å²) in [4.78, 5) is 2.91. The highest BCUT2D eigenvalue weighted by Crippen LogP contribution is 2.37. The predicted octanol–water partition coefficient (Wildman–Crippen LogP) is 4.55. The van der Waals surface area contributed by atoms with Crippen molar-refractivity contribution < 1.29 is 31.1 Å². The molecule has 0 amide bonds. The molecule has 2 nitrogen and oxygen atoms in total. The fourth-order valence-corrected chi connectivity index (χ4v) is 1.21. The summed E-state index contributed by atoms with van der Waals surface area (Å²) in [5.74, 6) is -0.254. The first kappa shape index (κ1) is 15.6. The zero-order valence-electron chi connectivity index (χ0n) is 9.23. The van der Waals surface area contributed by atoms with Crippen molar-refractivity contribution in [3.8, 4) is 5.75 Å². The van der Waals surface area contributed by atoms with Gasteiger partial charge in [0.1, 0.15) is 11.4 Å². The first-order valence-electron chi connectivity index (χ1n) is 4.62. The van der Waals surface area contributed by atoms with Crippen molar-refractivity contribution in [3.63, 3.8) is 0 Å². The fourth-order valence-electron chi connectivity index (χ4n) is 1.12. The van der Waals surface area contributed by atoms with E-state index in [0.717, 1.165) is 13.2 Å². The number of nitrogens with zero attached hydrogens (tertiary/aromatic N) is 1. The van der Waals surface area contributed by atoms with Crippen LogP contribution in [0.5, 0.6) is 5.75 Å². The average molecular weight is 306 g/mol. The van der Waals surface area contributed by atoms with Crippen LogP contribution in [-0.2, 0) is 6.18 Å². The second-order valence-corrected chi connectivity index (χ2v) is 3.64. The van der Waals surface area contributed by atoms with E-state index < -0.39 is 28.8 Å². The average Bonchev–Trinajstić information content (AvgIpc) is 2.26. The number of alkyl halides is 6. The molecule has 1 rings (SSSR count). The molecule has 0 aliphatic carbocycles. The normalized spacial score (nSPS) is 13.6. The first-order chi connectivity index (χ1) is 8.55. The van der Waals surface area contributed by atoms with Crippen LogP contribution < -0.4 is 4.74 Å². The van der Waals surface area contributed by atoms with E-state index in [0.29, 0.717) is 12.1 Å². The van der Waals surface area contributed by atoms with Crippen LogP contribution in [0.4, 0.5) is 32.0 Å². The Hall–Kier alpha value is -1.44. The van der Waals surface area contributed by atoms with Gasteiger partial charge in [-0.3, -0.25) is 0 Å². The molecule has 0 saturated carbocycles. The lowest BCUT2D eigenvalue weighted by molar-refractivity contribution is -0.137. The van der Waals surface area contributed by atoms with Crippen molar-refractivity contribution in [1.82, 2.24) is 0 Å². The van der Waals surface area contributed by atoms with Crippen LogP contribution in [0.15, 0.2) is 23.2 Å². The number of methoxy groups -OCH3 is 1. The van der Waals surface area contributed by atoms with Crippen LogP contribution in [0.25, 0.3) is 0 Å². The van der Waals surface area contributed by atoms with Gasteiger partial charge in [0.2, 0.25) is 5.17 Å². The number of ether oxygens (including phenoxy) is 1. The maximum Gasteiger partial charge on any atom is 0.444 e. The van der Waals surface area contributed by atoms with Crippen molar-refractivity contribution in [2.24, 2.45) is 4.99 Å².